The number of nitrogens with two attached hydrogens (primary N) is 1. The molecule has 2 N–H and O–H groups in total. The highest BCUT2D eigenvalue weighted by molar-refractivity contribution is 5.44. The maximum Gasteiger partial charge on any atom is 0.166 e. The Kier molecular flexibility index (Phi) is 4.90. The van der Waals surface area contributed by atoms with Crippen molar-refractivity contribution in [1.82, 2.24) is 4.98 Å². The number of aromatic nitrogens is 1. The summed E-state index contributed by atoms with van der Waals surface area (Å²) >= 11 is 0. The van der Waals surface area contributed by atoms with Crippen LogP contribution in [-0.4, -0.2) is 24.8 Å². The van der Waals surface area contributed by atoms with Crippen molar-refractivity contribution in [1.29, 1.82) is 0 Å². The molecule has 1 aromatic heterocycles. The summed E-state index contributed by atoms with van der Waals surface area (Å²) < 4.78 is 10.8. The van der Waals surface area contributed by atoms with E-state index in [2.05, 4.69) is 18.8 Å². The van der Waals surface area contributed by atoms with Crippen molar-refractivity contribution in [2.45, 2.75) is 13.8 Å². The summed E-state index contributed by atoms with van der Waals surface area (Å²) in [7, 11) is 0. The largest absolute Gasteiger partial charge is 0.487 e. The first-order valence-electron chi connectivity index (χ1n) is 5.11. The van der Waals surface area contributed by atoms with E-state index in [1.165, 1.54) is 0 Å². The molecule has 0 spiro atoms. The smallest absolute Gasteiger partial charge is 0.166 e. The standard InChI is InChI=1S/C11H18N2O2/c1-9(2)8-14-6-7-15-10-4-3-5-13-11(10)12/h3-5,9H,6-8H2,1-2H3,(H2,12,13). The number of nitrogens with zero attached hydrogens (tertiary/aromatic N) is 1. The molecule has 15 heavy (non-hydrogen) atoms. The normalized spacial score (nSPS) is 10.6. The number of ether oxygens (including phenoxy) is 2. The van der Waals surface area contributed by atoms with Crippen LogP contribution < -0.4 is 10.5 Å². The Labute approximate surface area is 90.4 Å². The lowest BCUT2D eigenvalue weighted by molar-refractivity contribution is 0.0820. The molecule has 0 saturated carbocycles. The van der Waals surface area contributed by atoms with Gasteiger partial charge in [-0.2, -0.15) is 0 Å². The second-order valence-electron chi connectivity index (χ2n) is 3.70. The molecule has 1 aromatic rings. The molecule has 0 unspecified atom stereocenters. The zero-order valence-electron chi connectivity index (χ0n) is 9.27. The summed E-state index contributed by atoms with van der Waals surface area (Å²) in [5.41, 5.74) is 5.61. The van der Waals surface area contributed by atoms with E-state index in [0.29, 0.717) is 30.7 Å². The Hall–Kier alpha value is -1.29. The molecule has 0 aliphatic rings. The minimum absolute atomic E-state index is 0.418. The van der Waals surface area contributed by atoms with Gasteiger partial charge in [-0.05, 0) is 18.1 Å². The van der Waals surface area contributed by atoms with Gasteiger partial charge < -0.3 is 15.2 Å². The number of anilines is 1. The van der Waals surface area contributed by atoms with Crippen LogP contribution in [0.4, 0.5) is 5.82 Å². The molecule has 0 aromatic carbocycles. The lowest BCUT2D eigenvalue weighted by Crippen LogP contribution is -2.11. The zero-order chi connectivity index (χ0) is 11.1. The fourth-order valence-corrected chi connectivity index (χ4v) is 1.05. The predicted octanol–water partition coefficient (Wildman–Crippen LogP) is 1.72. The van der Waals surface area contributed by atoms with E-state index in [4.69, 9.17) is 15.2 Å². The molecule has 0 saturated heterocycles. The van der Waals surface area contributed by atoms with Gasteiger partial charge in [-0.1, -0.05) is 13.8 Å². The van der Waals surface area contributed by atoms with Gasteiger partial charge in [-0.3, -0.25) is 0 Å². The zero-order valence-corrected chi connectivity index (χ0v) is 9.27. The van der Waals surface area contributed by atoms with Gasteiger partial charge >= 0.3 is 0 Å². The van der Waals surface area contributed by atoms with Crippen LogP contribution in [0.5, 0.6) is 5.75 Å². The maximum absolute atomic E-state index is 5.61. The predicted molar refractivity (Wildman–Crippen MR) is 59.8 cm³/mol. The second-order valence-corrected chi connectivity index (χ2v) is 3.70. The summed E-state index contributed by atoms with van der Waals surface area (Å²) in [5, 5.41) is 0. The number of nitrogen functional groups attached to an aromatic ring is 1. The van der Waals surface area contributed by atoms with E-state index in [1.54, 1.807) is 18.3 Å². The molecule has 0 aliphatic carbocycles. The maximum atomic E-state index is 5.61. The van der Waals surface area contributed by atoms with Crippen molar-refractivity contribution in [3.63, 3.8) is 0 Å². The summed E-state index contributed by atoms with van der Waals surface area (Å²) in [6.45, 7) is 6.06. The van der Waals surface area contributed by atoms with E-state index >= 15 is 0 Å². The van der Waals surface area contributed by atoms with Gasteiger partial charge in [0.25, 0.3) is 0 Å². The van der Waals surface area contributed by atoms with Gasteiger partial charge in [0.1, 0.15) is 6.61 Å². The summed E-state index contributed by atoms with van der Waals surface area (Å²) in [5.74, 6) is 1.58. The molecular weight excluding hydrogens is 192 g/mol. The summed E-state index contributed by atoms with van der Waals surface area (Å²) in [6.07, 6.45) is 1.64. The van der Waals surface area contributed by atoms with Crippen LogP contribution >= 0.6 is 0 Å². The molecule has 0 bridgehead atoms. The fraction of sp³-hybridized carbons (Fsp3) is 0.545. The number of rotatable bonds is 6. The van der Waals surface area contributed by atoms with Crippen molar-refractivity contribution < 1.29 is 9.47 Å². The SMILES string of the molecule is CC(C)COCCOc1cccnc1N. The lowest BCUT2D eigenvalue weighted by Gasteiger charge is -2.09. The van der Waals surface area contributed by atoms with E-state index in [-0.39, 0.29) is 0 Å². The Balaban J connectivity index is 2.18. The first-order chi connectivity index (χ1) is 7.20. The van der Waals surface area contributed by atoms with Crippen molar-refractivity contribution in [3.05, 3.63) is 18.3 Å². The molecular formula is C11H18N2O2. The van der Waals surface area contributed by atoms with Gasteiger partial charge in [0, 0.05) is 12.8 Å². The molecule has 4 nitrogen and oxygen atoms in total. The lowest BCUT2D eigenvalue weighted by atomic mass is 10.2. The topological polar surface area (TPSA) is 57.4 Å². The molecule has 1 rings (SSSR count). The average Bonchev–Trinajstić information content (AvgIpc) is 2.20. The van der Waals surface area contributed by atoms with Gasteiger partial charge in [0.05, 0.1) is 6.61 Å². The highest BCUT2D eigenvalue weighted by Gasteiger charge is 1.99. The van der Waals surface area contributed by atoms with Crippen LogP contribution in [0.3, 0.4) is 0 Å². The van der Waals surface area contributed by atoms with Gasteiger partial charge in [-0.15, -0.1) is 0 Å². The number of hydrogen-bond acceptors (Lipinski definition) is 4. The Morgan fingerprint density at radius 1 is 1.40 bits per heavy atom. The van der Waals surface area contributed by atoms with Crippen LogP contribution in [0, 0.1) is 5.92 Å². The van der Waals surface area contributed by atoms with Crippen LogP contribution in [0.25, 0.3) is 0 Å². The highest BCUT2D eigenvalue weighted by atomic mass is 16.5. The van der Waals surface area contributed by atoms with E-state index in [9.17, 15) is 0 Å². The van der Waals surface area contributed by atoms with Crippen molar-refractivity contribution in [2.75, 3.05) is 25.6 Å². The molecule has 84 valence electrons. The molecule has 0 amide bonds. The van der Waals surface area contributed by atoms with Crippen LogP contribution in [0.1, 0.15) is 13.8 Å². The molecule has 1 heterocycles. The number of pyridine rings is 1. The third kappa shape index (κ3) is 4.65. The van der Waals surface area contributed by atoms with Crippen molar-refractivity contribution in [2.24, 2.45) is 5.92 Å². The minimum atomic E-state index is 0.418. The first kappa shape index (κ1) is 11.8. The van der Waals surface area contributed by atoms with Crippen LogP contribution in [0.2, 0.25) is 0 Å². The van der Waals surface area contributed by atoms with E-state index < -0.39 is 0 Å². The van der Waals surface area contributed by atoms with Crippen LogP contribution in [-0.2, 0) is 4.74 Å². The monoisotopic (exact) mass is 210 g/mol. The Bertz CT molecular complexity index is 290. The summed E-state index contributed by atoms with van der Waals surface area (Å²) in [6, 6.07) is 3.59. The third-order valence-electron chi connectivity index (χ3n) is 1.74. The number of hydrogen-bond donors (Lipinski definition) is 1. The van der Waals surface area contributed by atoms with E-state index in [1.807, 2.05) is 0 Å². The Morgan fingerprint density at radius 3 is 2.87 bits per heavy atom. The third-order valence-corrected chi connectivity index (χ3v) is 1.74. The van der Waals surface area contributed by atoms with Crippen molar-refractivity contribution >= 4 is 5.82 Å². The molecule has 4 heteroatoms. The van der Waals surface area contributed by atoms with E-state index in [0.717, 1.165) is 6.61 Å². The van der Waals surface area contributed by atoms with Gasteiger partial charge in [0.2, 0.25) is 0 Å². The first-order valence-corrected chi connectivity index (χ1v) is 5.11. The molecule has 0 aliphatic heterocycles. The fourth-order valence-electron chi connectivity index (χ4n) is 1.05. The van der Waals surface area contributed by atoms with Crippen LogP contribution in [0.15, 0.2) is 18.3 Å². The molecule has 0 radical (unpaired) electrons. The van der Waals surface area contributed by atoms with Crippen molar-refractivity contribution in [3.8, 4) is 5.75 Å². The molecule has 0 atom stereocenters. The molecule has 0 fully saturated rings. The minimum Gasteiger partial charge on any atom is -0.487 e. The summed E-state index contributed by atoms with van der Waals surface area (Å²) in [4.78, 5) is 3.92. The van der Waals surface area contributed by atoms with Gasteiger partial charge in [0.15, 0.2) is 11.6 Å². The average molecular weight is 210 g/mol. The quantitative estimate of drug-likeness (QED) is 0.726. The second kappa shape index (κ2) is 6.24. The highest BCUT2D eigenvalue weighted by Crippen LogP contribution is 2.16. The Morgan fingerprint density at radius 2 is 2.20 bits per heavy atom. The van der Waals surface area contributed by atoms with Gasteiger partial charge in [-0.25, -0.2) is 4.98 Å².